The molecule has 1 N–H and O–H groups in total. The first kappa shape index (κ1) is 14.5. The molecule has 108 valence electrons. The second kappa shape index (κ2) is 6.06. The third-order valence-electron chi connectivity index (χ3n) is 3.89. The molecule has 0 radical (unpaired) electrons. The summed E-state index contributed by atoms with van der Waals surface area (Å²) in [5.74, 6) is 1.65. The van der Waals surface area contributed by atoms with Gasteiger partial charge in [-0.25, -0.2) is 0 Å². The second-order valence-electron chi connectivity index (χ2n) is 6.65. The van der Waals surface area contributed by atoms with Crippen molar-refractivity contribution < 1.29 is 4.52 Å². The molecule has 2 heterocycles. The molecule has 1 saturated heterocycles. The Hall–Kier alpha value is -0.870. The van der Waals surface area contributed by atoms with E-state index in [1.54, 1.807) is 0 Å². The van der Waals surface area contributed by atoms with Crippen LogP contribution in [0.25, 0.3) is 0 Å². The van der Waals surface area contributed by atoms with E-state index in [2.05, 4.69) is 49.1 Å². The van der Waals surface area contributed by atoms with Crippen molar-refractivity contribution in [3.05, 3.63) is 17.5 Å². The van der Waals surface area contributed by atoms with Crippen molar-refractivity contribution >= 4 is 0 Å². The smallest absolute Gasteiger partial charge is 0.151 e. The highest BCUT2D eigenvalue weighted by Crippen LogP contribution is 2.29. The van der Waals surface area contributed by atoms with E-state index in [9.17, 15) is 0 Å². The number of nitrogens with one attached hydrogen (secondary N) is 1. The first-order valence-electron chi connectivity index (χ1n) is 7.37. The van der Waals surface area contributed by atoms with Crippen LogP contribution >= 0.6 is 0 Å². The molecule has 0 saturated carbocycles. The van der Waals surface area contributed by atoms with E-state index in [1.807, 2.05) is 0 Å². The molecule has 2 rings (SSSR count). The first-order valence-corrected chi connectivity index (χ1v) is 7.37. The molecule has 0 amide bonds. The maximum Gasteiger partial charge on any atom is 0.151 e. The molecule has 1 aliphatic heterocycles. The zero-order valence-electron chi connectivity index (χ0n) is 12.7. The van der Waals surface area contributed by atoms with Gasteiger partial charge >= 0.3 is 0 Å². The lowest BCUT2D eigenvalue weighted by Gasteiger charge is -2.30. The largest absolute Gasteiger partial charge is 0.360 e. The van der Waals surface area contributed by atoms with Gasteiger partial charge in [-0.3, -0.25) is 4.90 Å². The van der Waals surface area contributed by atoms with E-state index < -0.39 is 0 Å². The topological polar surface area (TPSA) is 41.3 Å². The highest BCUT2D eigenvalue weighted by molar-refractivity contribution is 5.06. The quantitative estimate of drug-likeness (QED) is 0.858. The van der Waals surface area contributed by atoms with Crippen LogP contribution in [0.1, 0.15) is 52.0 Å². The fourth-order valence-corrected chi connectivity index (χ4v) is 2.65. The van der Waals surface area contributed by atoms with Crippen molar-refractivity contribution in [1.29, 1.82) is 0 Å². The zero-order valence-corrected chi connectivity index (χ0v) is 12.7. The van der Waals surface area contributed by atoms with E-state index in [0.29, 0.717) is 11.5 Å². The Labute approximate surface area is 116 Å². The lowest BCUT2D eigenvalue weighted by Crippen LogP contribution is -2.37. The number of aromatic nitrogens is 1. The summed E-state index contributed by atoms with van der Waals surface area (Å²) in [6, 6.07) is 2.09. The van der Waals surface area contributed by atoms with E-state index in [1.165, 1.54) is 12.8 Å². The van der Waals surface area contributed by atoms with Crippen molar-refractivity contribution in [3.8, 4) is 0 Å². The van der Waals surface area contributed by atoms with Gasteiger partial charge in [-0.1, -0.05) is 19.0 Å². The van der Waals surface area contributed by atoms with Crippen LogP contribution in [0.15, 0.2) is 10.6 Å². The molecule has 0 bridgehead atoms. The Morgan fingerprint density at radius 2 is 2.26 bits per heavy atom. The number of rotatable bonds is 6. The normalized spacial score (nSPS) is 19.4. The molecular formula is C15H27N3O. The lowest BCUT2D eigenvalue weighted by molar-refractivity contribution is 0.149. The molecule has 0 atom stereocenters. The van der Waals surface area contributed by atoms with E-state index >= 15 is 0 Å². The van der Waals surface area contributed by atoms with Gasteiger partial charge in [0.05, 0.1) is 12.2 Å². The van der Waals surface area contributed by atoms with E-state index in [-0.39, 0.29) is 0 Å². The monoisotopic (exact) mass is 265 g/mol. The zero-order chi connectivity index (χ0) is 13.9. The highest BCUT2D eigenvalue weighted by Gasteiger charge is 2.32. The van der Waals surface area contributed by atoms with Crippen LogP contribution in [-0.2, 0) is 13.1 Å². The molecule has 1 aromatic rings. The SMILES string of the molecule is CC(C)CNCc1cc(CN2CCCC2(C)C)on1. The number of likely N-dealkylation sites (tertiary alicyclic amines) is 1. The van der Waals surface area contributed by atoms with Gasteiger partial charge in [0.1, 0.15) is 0 Å². The minimum Gasteiger partial charge on any atom is -0.360 e. The molecule has 0 unspecified atom stereocenters. The Bertz CT molecular complexity index is 398. The molecule has 19 heavy (non-hydrogen) atoms. The minimum atomic E-state index is 0.294. The van der Waals surface area contributed by atoms with Crippen molar-refractivity contribution in [2.75, 3.05) is 13.1 Å². The Morgan fingerprint density at radius 3 is 2.89 bits per heavy atom. The van der Waals surface area contributed by atoms with Crippen molar-refractivity contribution in [2.45, 2.75) is 59.2 Å². The molecule has 1 aliphatic rings. The van der Waals surface area contributed by atoms with Crippen LogP contribution in [0.4, 0.5) is 0 Å². The summed E-state index contributed by atoms with van der Waals surface area (Å²) in [5, 5.41) is 7.53. The van der Waals surface area contributed by atoms with Crippen LogP contribution in [0.3, 0.4) is 0 Å². The summed E-state index contributed by atoms with van der Waals surface area (Å²) in [5.41, 5.74) is 1.30. The average Bonchev–Trinajstić information content (AvgIpc) is 2.87. The minimum absolute atomic E-state index is 0.294. The summed E-state index contributed by atoms with van der Waals surface area (Å²) >= 11 is 0. The predicted octanol–water partition coefficient (Wildman–Crippen LogP) is 2.79. The van der Waals surface area contributed by atoms with Crippen LogP contribution < -0.4 is 5.32 Å². The molecule has 0 aromatic carbocycles. The van der Waals surface area contributed by atoms with Gasteiger partial charge in [0.15, 0.2) is 5.76 Å². The summed E-state index contributed by atoms with van der Waals surface area (Å²) in [6.07, 6.45) is 2.55. The third kappa shape index (κ3) is 4.05. The van der Waals surface area contributed by atoms with Gasteiger partial charge in [-0.2, -0.15) is 0 Å². The Balaban J connectivity index is 1.84. The Kier molecular flexibility index (Phi) is 4.63. The van der Waals surface area contributed by atoms with Crippen LogP contribution in [0.2, 0.25) is 0 Å². The molecule has 0 aliphatic carbocycles. The third-order valence-corrected chi connectivity index (χ3v) is 3.89. The van der Waals surface area contributed by atoms with E-state index in [4.69, 9.17) is 4.52 Å². The first-order chi connectivity index (χ1) is 8.97. The highest BCUT2D eigenvalue weighted by atomic mass is 16.5. The molecular weight excluding hydrogens is 238 g/mol. The van der Waals surface area contributed by atoms with Gasteiger partial charge in [-0.05, 0) is 45.7 Å². The second-order valence-corrected chi connectivity index (χ2v) is 6.65. The molecule has 4 nitrogen and oxygen atoms in total. The van der Waals surface area contributed by atoms with Gasteiger partial charge in [0.2, 0.25) is 0 Å². The molecule has 0 spiro atoms. The van der Waals surface area contributed by atoms with Crippen LogP contribution in [-0.4, -0.2) is 28.7 Å². The van der Waals surface area contributed by atoms with Gasteiger partial charge in [0, 0.05) is 18.2 Å². The summed E-state index contributed by atoms with van der Waals surface area (Å²) in [4.78, 5) is 2.48. The fraction of sp³-hybridized carbons (Fsp3) is 0.800. The van der Waals surface area contributed by atoms with Crippen molar-refractivity contribution in [2.24, 2.45) is 5.92 Å². The standard InChI is InChI=1S/C15H27N3O/c1-12(2)9-16-10-13-8-14(19-17-13)11-18-7-5-6-15(18,3)4/h8,12,16H,5-7,9-11H2,1-4H3. The van der Waals surface area contributed by atoms with Crippen molar-refractivity contribution in [1.82, 2.24) is 15.4 Å². The van der Waals surface area contributed by atoms with Crippen LogP contribution in [0.5, 0.6) is 0 Å². The predicted molar refractivity (Wildman–Crippen MR) is 76.8 cm³/mol. The average molecular weight is 265 g/mol. The summed E-state index contributed by atoms with van der Waals surface area (Å²) in [7, 11) is 0. The Morgan fingerprint density at radius 1 is 1.47 bits per heavy atom. The fourth-order valence-electron chi connectivity index (χ4n) is 2.65. The molecule has 1 fully saturated rings. The lowest BCUT2D eigenvalue weighted by atomic mass is 10.0. The van der Waals surface area contributed by atoms with Crippen LogP contribution in [0, 0.1) is 5.92 Å². The maximum atomic E-state index is 5.45. The maximum absolute atomic E-state index is 5.45. The summed E-state index contributed by atoms with van der Waals surface area (Å²) < 4.78 is 5.45. The van der Waals surface area contributed by atoms with E-state index in [0.717, 1.165) is 37.6 Å². The number of hydrogen-bond donors (Lipinski definition) is 1. The molecule has 1 aromatic heterocycles. The number of nitrogens with zero attached hydrogens (tertiary/aromatic N) is 2. The van der Waals surface area contributed by atoms with Gasteiger partial charge in [-0.15, -0.1) is 0 Å². The summed E-state index contributed by atoms with van der Waals surface area (Å²) in [6.45, 7) is 12.9. The van der Waals surface area contributed by atoms with Gasteiger partial charge in [0.25, 0.3) is 0 Å². The molecule has 4 heteroatoms. The van der Waals surface area contributed by atoms with Crippen molar-refractivity contribution in [3.63, 3.8) is 0 Å². The number of hydrogen-bond acceptors (Lipinski definition) is 4. The van der Waals surface area contributed by atoms with Gasteiger partial charge < -0.3 is 9.84 Å².